The van der Waals surface area contributed by atoms with E-state index in [9.17, 15) is 22.4 Å². The molecule has 0 atom stereocenters. The monoisotopic (exact) mass is 412 g/mol. The number of ether oxygens (including phenoxy) is 3. The van der Waals surface area contributed by atoms with E-state index in [0.29, 0.717) is 31.6 Å². The summed E-state index contributed by atoms with van der Waals surface area (Å²) in [5.41, 5.74) is -0.544. The zero-order valence-electron chi connectivity index (χ0n) is 15.7. The molecule has 8 heteroatoms. The number of hydrogen-bond acceptors (Lipinski definition) is 4. The Morgan fingerprint density at radius 2 is 1.83 bits per heavy atom. The van der Waals surface area contributed by atoms with Crippen LogP contribution in [0.15, 0.2) is 42.5 Å². The minimum absolute atomic E-state index is 0.0779. The molecule has 2 aromatic carbocycles. The summed E-state index contributed by atoms with van der Waals surface area (Å²) < 4.78 is 67.3. The van der Waals surface area contributed by atoms with Crippen molar-refractivity contribution in [1.82, 2.24) is 0 Å². The minimum Gasteiger partial charge on any atom is -0.489 e. The van der Waals surface area contributed by atoms with Crippen LogP contribution in [0.2, 0.25) is 0 Å². The smallest absolute Gasteiger partial charge is 0.419 e. The fourth-order valence-corrected chi connectivity index (χ4v) is 3.16. The highest BCUT2D eigenvalue weighted by atomic mass is 19.4. The van der Waals surface area contributed by atoms with Gasteiger partial charge < -0.3 is 14.2 Å². The van der Waals surface area contributed by atoms with E-state index in [4.69, 9.17) is 14.2 Å². The zero-order valence-corrected chi connectivity index (χ0v) is 15.7. The van der Waals surface area contributed by atoms with Crippen molar-refractivity contribution in [2.75, 3.05) is 19.8 Å². The Kier molecular flexibility index (Phi) is 6.12. The summed E-state index contributed by atoms with van der Waals surface area (Å²) in [6, 6.07) is 9.71. The molecule has 0 N–H and O–H groups in total. The van der Waals surface area contributed by atoms with Gasteiger partial charge in [0.25, 0.3) is 0 Å². The predicted octanol–water partition coefficient (Wildman–Crippen LogP) is 4.64. The fraction of sp³-hybridized carbons (Fsp3) is 0.381. The molecule has 0 bridgehead atoms. The van der Waals surface area contributed by atoms with Crippen LogP contribution < -0.4 is 4.74 Å². The van der Waals surface area contributed by atoms with Gasteiger partial charge in [0.15, 0.2) is 0 Å². The van der Waals surface area contributed by atoms with Gasteiger partial charge in [-0.15, -0.1) is 0 Å². The van der Waals surface area contributed by atoms with Crippen LogP contribution in [0.1, 0.15) is 30.0 Å². The molecule has 1 aliphatic rings. The quantitative estimate of drug-likeness (QED) is 0.491. The molecule has 3 rings (SSSR count). The summed E-state index contributed by atoms with van der Waals surface area (Å²) in [7, 11) is 0. The molecule has 1 aliphatic heterocycles. The second-order valence-electron chi connectivity index (χ2n) is 6.88. The first kappa shape index (κ1) is 21.1. The average Bonchev–Trinajstić information content (AvgIpc) is 2.63. The van der Waals surface area contributed by atoms with Gasteiger partial charge in [0.2, 0.25) is 0 Å². The van der Waals surface area contributed by atoms with Gasteiger partial charge in [-0.25, -0.2) is 4.39 Å². The van der Waals surface area contributed by atoms with Crippen LogP contribution in [0, 0.1) is 5.82 Å². The Labute approximate surface area is 165 Å². The standard InChI is InChI=1S/C21H20F4O4/c1-2-28-19(26)10-20(12-27-13-20)15-4-6-16(7-5-15)29-11-14-3-8-17(18(22)9-14)21(23,24)25/h3-9H,2,10-13H2,1H3. The summed E-state index contributed by atoms with van der Waals surface area (Å²) in [4.78, 5) is 11.9. The predicted molar refractivity (Wildman–Crippen MR) is 95.9 cm³/mol. The summed E-state index contributed by atoms with van der Waals surface area (Å²) in [6.07, 6.45) is -4.52. The number of alkyl halides is 3. The van der Waals surface area contributed by atoms with Crippen molar-refractivity contribution in [3.63, 3.8) is 0 Å². The van der Waals surface area contributed by atoms with E-state index in [-0.39, 0.29) is 24.6 Å². The van der Waals surface area contributed by atoms with E-state index in [1.165, 1.54) is 6.07 Å². The highest BCUT2D eigenvalue weighted by Gasteiger charge is 2.42. The summed E-state index contributed by atoms with van der Waals surface area (Å²) in [6.45, 7) is 2.81. The third-order valence-electron chi connectivity index (χ3n) is 4.76. The molecule has 4 nitrogen and oxygen atoms in total. The highest BCUT2D eigenvalue weighted by molar-refractivity contribution is 5.72. The van der Waals surface area contributed by atoms with E-state index in [1.807, 2.05) is 12.1 Å². The molecule has 0 aliphatic carbocycles. The van der Waals surface area contributed by atoms with E-state index in [2.05, 4.69) is 0 Å². The van der Waals surface area contributed by atoms with E-state index in [0.717, 1.165) is 11.6 Å². The molecule has 1 heterocycles. The zero-order chi connectivity index (χ0) is 21.1. The normalized spacial score (nSPS) is 15.5. The van der Waals surface area contributed by atoms with Crippen LogP contribution in [0.25, 0.3) is 0 Å². The molecule has 2 aromatic rings. The van der Waals surface area contributed by atoms with Crippen LogP contribution in [0.4, 0.5) is 17.6 Å². The SMILES string of the molecule is CCOC(=O)CC1(c2ccc(OCc3ccc(C(F)(F)F)c(F)c3)cc2)COC1. The fourth-order valence-electron chi connectivity index (χ4n) is 3.16. The molecule has 156 valence electrons. The number of carbonyl (C=O) groups excluding carboxylic acids is 1. The maximum atomic E-state index is 13.6. The van der Waals surface area contributed by atoms with E-state index < -0.39 is 23.0 Å². The Morgan fingerprint density at radius 3 is 2.34 bits per heavy atom. The van der Waals surface area contributed by atoms with Gasteiger partial charge in [-0.1, -0.05) is 18.2 Å². The molecule has 0 saturated carbocycles. The minimum atomic E-state index is -4.73. The van der Waals surface area contributed by atoms with Crippen LogP contribution >= 0.6 is 0 Å². The van der Waals surface area contributed by atoms with Crippen LogP contribution in [-0.2, 0) is 32.5 Å². The lowest BCUT2D eigenvalue weighted by Gasteiger charge is -2.41. The van der Waals surface area contributed by atoms with Gasteiger partial charge in [-0.3, -0.25) is 4.79 Å². The third-order valence-corrected chi connectivity index (χ3v) is 4.76. The highest BCUT2D eigenvalue weighted by Crippen LogP contribution is 2.37. The molecule has 0 unspecified atom stereocenters. The van der Waals surface area contributed by atoms with Crippen molar-refractivity contribution in [2.24, 2.45) is 0 Å². The maximum absolute atomic E-state index is 13.6. The second-order valence-corrected chi connectivity index (χ2v) is 6.88. The largest absolute Gasteiger partial charge is 0.489 e. The van der Waals surface area contributed by atoms with Gasteiger partial charge in [0.05, 0.1) is 37.2 Å². The molecule has 1 fully saturated rings. The Bertz CT molecular complexity index is 858. The Hall–Kier alpha value is -2.61. The molecule has 0 aromatic heterocycles. The number of carbonyl (C=O) groups is 1. The molecule has 29 heavy (non-hydrogen) atoms. The first-order chi connectivity index (χ1) is 13.7. The Balaban J connectivity index is 1.64. The topological polar surface area (TPSA) is 44.8 Å². The molecule has 0 spiro atoms. The van der Waals surface area contributed by atoms with Crippen molar-refractivity contribution in [2.45, 2.75) is 31.5 Å². The van der Waals surface area contributed by atoms with Crippen LogP contribution in [0.3, 0.4) is 0 Å². The summed E-state index contributed by atoms with van der Waals surface area (Å²) in [5, 5.41) is 0. The lowest BCUT2D eigenvalue weighted by Crippen LogP contribution is -2.48. The molecule has 0 amide bonds. The lowest BCUT2D eigenvalue weighted by molar-refractivity contribution is -0.151. The van der Waals surface area contributed by atoms with Gasteiger partial charge in [-0.2, -0.15) is 13.2 Å². The lowest BCUT2D eigenvalue weighted by atomic mass is 9.76. The number of halogens is 4. The number of hydrogen-bond donors (Lipinski definition) is 0. The molecular formula is C21H20F4O4. The van der Waals surface area contributed by atoms with Crippen molar-refractivity contribution in [3.8, 4) is 5.75 Å². The number of esters is 1. The Morgan fingerprint density at radius 1 is 1.14 bits per heavy atom. The molecular weight excluding hydrogens is 392 g/mol. The van der Waals surface area contributed by atoms with Gasteiger partial charge in [0, 0.05) is 0 Å². The van der Waals surface area contributed by atoms with Crippen LogP contribution in [0.5, 0.6) is 5.75 Å². The van der Waals surface area contributed by atoms with Gasteiger partial charge >= 0.3 is 12.1 Å². The van der Waals surface area contributed by atoms with Crippen molar-refractivity contribution < 1.29 is 36.6 Å². The average molecular weight is 412 g/mol. The maximum Gasteiger partial charge on any atom is 0.419 e. The first-order valence-electron chi connectivity index (χ1n) is 9.06. The van der Waals surface area contributed by atoms with E-state index >= 15 is 0 Å². The van der Waals surface area contributed by atoms with Crippen molar-refractivity contribution in [3.05, 3.63) is 65.0 Å². The molecule has 1 saturated heterocycles. The van der Waals surface area contributed by atoms with E-state index in [1.54, 1.807) is 19.1 Å². The van der Waals surface area contributed by atoms with Crippen molar-refractivity contribution in [1.29, 1.82) is 0 Å². The van der Waals surface area contributed by atoms with Crippen LogP contribution in [-0.4, -0.2) is 25.8 Å². The van der Waals surface area contributed by atoms with Crippen molar-refractivity contribution >= 4 is 5.97 Å². The second kappa shape index (κ2) is 8.41. The number of benzene rings is 2. The van der Waals surface area contributed by atoms with Gasteiger partial charge in [0.1, 0.15) is 18.2 Å². The molecule has 0 radical (unpaired) electrons. The first-order valence-corrected chi connectivity index (χ1v) is 9.06. The summed E-state index contributed by atoms with van der Waals surface area (Å²) in [5.74, 6) is -1.15. The third kappa shape index (κ3) is 4.87. The number of rotatable bonds is 7. The van der Waals surface area contributed by atoms with Gasteiger partial charge in [-0.05, 0) is 42.3 Å². The summed E-state index contributed by atoms with van der Waals surface area (Å²) >= 11 is 0.